The van der Waals surface area contributed by atoms with Crippen molar-refractivity contribution in [3.8, 4) is 0 Å². The standard InChI is InChI=1S/C20H23F2NO3S.C10H8F2O2/c1-19(2)12-5-6-20(19)10-27(25,26)23(17(20)8-12)18(24)14-9-13(14)11-3-4-15(21)16(22)7-11;11-8-2-1-5(3-9(8)12)6-4-7(6)10(13)14/h3-4,7,12-14,17H,5-6,8-10H2,1-2H3;1-3,6-7H,4H2,(H,13,14)/t12?,13-,14+,17+,20+;6-,7?/m00/s1. The third-order valence-electron chi connectivity index (χ3n) is 10.6. The maximum atomic E-state index is 13.5. The summed E-state index contributed by atoms with van der Waals surface area (Å²) in [7, 11) is -3.64. The van der Waals surface area contributed by atoms with Crippen LogP contribution in [0.2, 0.25) is 0 Å². The van der Waals surface area contributed by atoms with Crippen LogP contribution in [0.5, 0.6) is 0 Å². The van der Waals surface area contributed by atoms with Gasteiger partial charge in [0.15, 0.2) is 23.3 Å². The minimum absolute atomic E-state index is 0.0580. The van der Waals surface area contributed by atoms with Gasteiger partial charge in [-0.25, -0.2) is 30.3 Å². The first-order valence-corrected chi connectivity index (χ1v) is 15.5. The van der Waals surface area contributed by atoms with E-state index in [1.165, 1.54) is 16.4 Å². The molecule has 2 aromatic rings. The van der Waals surface area contributed by atoms with E-state index in [-0.39, 0.29) is 40.4 Å². The summed E-state index contributed by atoms with van der Waals surface area (Å²) in [5, 5.41) is 8.64. The Balaban J connectivity index is 0.000000182. The van der Waals surface area contributed by atoms with Gasteiger partial charge in [0.2, 0.25) is 15.9 Å². The van der Waals surface area contributed by atoms with Crippen molar-refractivity contribution in [2.24, 2.45) is 28.6 Å². The van der Waals surface area contributed by atoms with Crippen LogP contribution in [0.25, 0.3) is 0 Å². The van der Waals surface area contributed by atoms with E-state index in [2.05, 4.69) is 13.8 Å². The van der Waals surface area contributed by atoms with Crippen LogP contribution in [0, 0.1) is 51.9 Å². The second kappa shape index (κ2) is 9.28. The van der Waals surface area contributed by atoms with Crippen LogP contribution in [0.1, 0.15) is 68.9 Å². The summed E-state index contributed by atoms with van der Waals surface area (Å²) in [4.78, 5) is 23.7. The Morgan fingerprint density at radius 1 is 0.854 bits per heavy atom. The highest BCUT2D eigenvalue weighted by atomic mass is 32.2. The fraction of sp³-hybridized carbons (Fsp3) is 0.533. The first kappa shape index (κ1) is 28.2. The van der Waals surface area contributed by atoms with Crippen LogP contribution < -0.4 is 0 Å². The molecule has 2 unspecified atom stereocenters. The number of carboxylic acids is 1. The van der Waals surface area contributed by atoms with Gasteiger partial charge in [-0.05, 0) is 90.7 Å². The summed E-state index contributed by atoms with van der Waals surface area (Å²) < 4.78 is 79.1. The number of carbonyl (C=O) groups excluding carboxylic acids is 1. The largest absolute Gasteiger partial charge is 0.481 e. The van der Waals surface area contributed by atoms with Crippen molar-refractivity contribution < 1.29 is 40.7 Å². The molecular weight excluding hydrogens is 562 g/mol. The molecule has 0 aromatic heterocycles. The summed E-state index contributed by atoms with van der Waals surface area (Å²) in [5.74, 6) is -5.66. The topological polar surface area (TPSA) is 91.8 Å². The molecule has 6 nitrogen and oxygen atoms in total. The number of hydrogen-bond donors (Lipinski definition) is 1. The predicted molar refractivity (Wildman–Crippen MR) is 140 cm³/mol. The predicted octanol–water partition coefficient (Wildman–Crippen LogP) is 5.59. The number of fused-ring (bicyclic) bond motifs is 1. The molecule has 2 bridgehead atoms. The zero-order valence-corrected chi connectivity index (χ0v) is 23.4. The molecule has 4 aliphatic carbocycles. The number of nitrogens with zero attached hydrogens (tertiary/aromatic N) is 1. The Hall–Kier alpha value is -2.95. The Morgan fingerprint density at radius 2 is 1.39 bits per heavy atom. The average molecular weight is 594 g/mol. The summed E-state index contributed by atoms with van der Waals surface area (Å²) in [5.41, 5.74) is 0.713. The molecule has 41 heavy (non-hydrogen) atoms. The zero-order chi connectivity index (χ0) is 29.6. The molecule has 1 spiro atoms. The van der Waals surface area contributed by atoms with Crippen molar-refractivity contribution in [3.63, 3.8) is 0 Å². The van der Waals surface area contributed by atoms with Gasteiger partial charge >= 0.3 is 5.97 Å². The van der Waals surface area contributed by atoms with E-state index >= 15 is 0 Å². The molecule has 4 saturated carbocycles. The highest BCUT2D eigenvalue weighted by Crippen LogP contribution is 2.70. The van der Waals surface area contributed by atoms with E-state index in [9.17, 15) is 35.6 Å². The molecule has 2 aromatic carbocycles. The van der Waals surface area contributed by atoms with Crippen LogP contribution in [-0.4, -0.2) is 41.5 Å². The monoisotopic (exact) mass is 593 g/mol. The lowest BCUT2D eigenvalue weighted by molar-refractivity contribution is -0.138. The van der Waals surface area contributed by atoms with Gasteiger partial charge in [-0.1, -0.05) is 26.0 Å². The Bertz CT molecular complexity index is 1560. The van der Waals surface area contributed by atoms with Gasteiger partial charge < -0.3 is 5.11 Å². The summed E-state index contributed by atoms with van der Waals surface area (Å²) >= 11 is 0. The number of rotatable bonds is 4. The van der Waals surface area contributed by atoms with Crippen molar-refractivity contribution in [2.75, 3.05) is 5.75 Å². The zero-order valence-electron chi connectivity index (χ0n) is 22.6. The Kier molecular flexibility index (Phi) is 6.38. The summed E-state index contributed by atoms with van der Waals surface area (Å²) in [6.45, 7) is 4.30. The maximum Gasteiger partial charge on any atom is 0.307 e. The molecule has 7 rings (SSSR count). The molecule has 11 heteroatoms. The lowest BCUT2D eigenvalue weighted by Gasteiger charge is -2.37. The number of sulfonamides is 1. The maximum absolute atomic E-state index is 13.5. The van der Waals surface area contributed by atoms with Crippen LogP contribution in [0.3, 0.4) is 0 Å². The van der Waals surface area contributed by atoms with E-state index in [1.54, 1.807) is 0 Å². The molecule has 220 valence electrons. The average Bonchev–Trinajstić information content (AvgIpc) is 3.80. The number of hydrogen-bond acceptors (Lipinski definition) is 4. The van der Waals surface area contributed by atoms with Gasteiger partial charge in [0.25, 0.3) is 0 Å². The lowest BCUT2D eigenvalue weighted by Crippen LogP contribution is -2.44. The van der Waals surface area contributed by atoms with Gasteiger partial charge in [-0.15, -0.1) is 0 Å². The van der Waals surface area contributed by atoms with E-state index in [4.69, 9.17) is 5.11 Å². The van der Waals surface area contributed by atoms with Gasteiger partial charge in [0, 0.05) is 11.3 Å². The summed E-state index contributed by atoms with van der Waals surface area (Å²) in [6, 6.07) is 6.96. The quantitative estimate of drug-likeness (QED) is 0.467. The van der Waals surface area contributed by atoms with E-state index in [0.717, 1.165) is 43.5 Å². The molecule has 5 aliphatic rings. The summed E-state index contributed by atoms with van der Waals surface area (Å²) in [6.07, 6.45) is 3.64. The van der Waals surface area contributed by atoms with Crippen molar-refractivity contribution in [3.05, 3.63) is 70.8 Å². The Labute approximate surface area is 235 Å². The smallest absolute Gasteiger partial charge is 0.307 e. The van der Waals surface area contributed by atoms with Crippen molar-refractivity contribution in [1.82, 2.24) is 4.31 Å². The molecule has 0 radical (unpaired) electrons. The minimum atomic E-state index is -3.64. The third-order valence-corrected chi connectivity index (χ3v) is 12.5. The van der Waals surface area contributed by atoms with Crippen molar-refractivity contribution in [2.45, 2.75) is 63.8 Å². The van der Waals surface area contributed by atoms with Crippen LogP contribution in [0.4, 0.5) is 17.6 Å². The molecule has 5 fully saturated rings. The molecule has 1 amide bonds. The molecule has 1 N–H and O–H groups in total. The van der Waals surface area contributed by atoms with Crippen molar-refractivity contribution in [1.29, 1.82) is 0 Å². The lowest BCUT2D eigenvalue weighted by atomic mass is 9.69. The number of carbonyl (C=O) groups is 2. The van der Waals surface area contributed by atoms with E-state index in [0.29, 0.717) is 29.9 Å². The first-order valence-electron chi connectivity index (χ1n) is 13.9. The molecule has 1 aliphatic heterocycles. The highest BCUT2D eigenvalue weighted by Gasteiger charge is 2.73. The molecular formula is C30H31F4NO5S. The third kappa shape index (κ3) is 4.37. The fourth-order valence-electron chi connectivity index (χ4n) is 7.90. The molecule has 7 atom stereocenters. The van der Waals surface area contributed by atoms with Crippen molar-refractivity contribution >= 4 is 21.9 Å². The Morgan fingerprint density at radius 3 is 1.88 bits per heavy atom. The molecule has 1 heterocycles. The normalized spacial score (nSPS) is 34.9. The van der Waals surface area contributed by atoms with E-state index in [1.807, 2.05) is 0 Å². The minimum Gasteiger partial charge on any atom is -0.481 e. The van der Waals surface area contributed by atoms with Crippen LogP contribution in [-0.2, 0) is 19.6 Å². The number of aliphatic carboxylic acids is 1. The van der Waals surface area contributed by atoms with Gasteiger partial charge in [-0.3, -0.25) is 9.59 Å². The second-order valence-corrected chi connectivity index (χ2v) is 14.7. The number of amides is 1. The second-order valence-electron chi connectivity index (χ2n) is 12.8. The first-order chi connectivity index (χ1) is 19.2. The number of halogens is 4. The van der Waals surface area contributed by atoms with Crippen LogP contribution >= 0.6 is 0 Å². The fourth-order valence-corrected chi connectivity index (χ4v) is 10.5. The number of benzene rings is 2. The SMILES string of the molecule is CC1(C)C2CC[C@]13CS(=O)(=O)N(C(=O)[C@@H]1C[C@H]1c1ccc(F)c(F)c1)[C@@H]3C2.O=C(O)C1C[C@H]1c1ccc(F)c(F)c1. The van der Waals surface area contributed by atoms with Gasteiger partial charge in [0.1, 0.15) is 0 Å². The van der Waals surface area contributed by atoms with E-state index < -0.39 is 51.1 Å². The van der Waals surface area contributed by atoms with Crippen LogP contribution in [0.15, 0.2) is 36.4 Å². The van der Waals surface area contributed by atoms with Gasteiger partial charge in [-0.2, -0.15) is 0 Å². The van der Waals surface area contributed by atoms with Gasteiger partial charge in [0.05, 0.1) is 17.7 Å². The highest BCUT2D eigenvalue weighted by molar-refractivity contribution is 7.90. The molecule has 1 saturated heterocycles. The number of carboxylic acid groups (broad SMARTS) is 1.